The van der Waals surface area contributed by atoms with Crippen molar-refractivity contribution in [2.75, 3.05) is 13.6 Å². The topological polar surface area (TPSA) is 111 Å². The van der Waals surface area contributed by atoms with Gasteiger partial charge in [-0.15, -0.1) is 0 Å². The molecule has 1 aromatic rings. The second-order valence-electron chi connectivity index (χ2n) is 3.87. The maximum Gasteiger partial charge on any atom is 0.317 e. The lowest BCUT2D eigenvalue weighted by Crippen LogP contribution is -2.37. The van der Waals surface area contributed by atoms with E-state index in [1.807, 2.05) is 0 Å². The third kappa shape index (κ3) is 5.28. The van der Waals surface area contributed by atoms with Gasteiger partial charge in [0.05, 0.1) is 6.54 Å². The van der Waals surface area contributed by atoms with E-state index in [0.29, 0.717) is 31.8 Å². The molecule has 0 saturated heterocycles. The molecule has 8 nitrogen and oxygen atoms in total. The van der Waals surface area contributed by atoms with Crippen molar-refractivity contribution < 1.29 is 14.7 Å². The smallest absolute Gasteiger partial charge is 0.317 e. The Balaban J connectivity index is 2.14. The molecule has 0 aliphatic heterocycles. The number of nitrogens with one attached hydrogen (secondary N) is 2. The fourth-order valence-electron chi connectivity index (χ4n) is 1.33. The Labute approximate surface area is 104 Å². The van der Waals surface area contributed by atoms with E-state index in [0.717, 1.165) is 0 Å². The van der Waals surface area contributed by atoms with E-state index >= 15 is 0 Å². The Bertz CT molecular complexity index is 379. The molecule has 0 fully saturated rings. The standard InChI is InChI=1S/C10H17N5O3/c1-15(6-8-12-7-13-14-8)10(18)11-5-3-2-4-9(16)17/h7H,2-6H2,1H3,(H,11,18)(H,16,17)(H,12,13,14). The van der Waals surface area contributed by atoms with Crippen molar-refractivity contribution in [2.45, 2.75) is 25.8 Å². The number of H-pyrrole nitrogens is 1. The van der Waals surface area contributed by atoms with Gasteiger partial charge < -0.3 is 15.3 Å². The maximum atomic E-state index is 11.6. The van der Waals surface area contributed by atoms with Gasteiger partial charge in [-0.1, -0.05) is 0 Å². The number of carbonyl (C=O) groups is 2. The van der Waals surface area contributed by atoms with E-state index in [1.54, 1.807) is 7.05 Å². The van der Waals surface area contributed by atoms with Crippen LogP contribution in [0.1, 0.15) is 25.1 Å². The quantitative estimate of drug-likeness (QED) is 0.603. The number of carboxylic acid groups (broad SMARTS) is 1. The van der Waals surface area contributed by atoms with Gasteiger partial charge in [0.1, 0.15) is 12.2 Å². The average molecular weight is 255 g/mol. The molecule has 1 heterocycles. The first-order valence-electron chi connectivity index (χ1n) is 5.64. The van der Waals surface area contributed by atoms with Gasteiger partial charge in [0, 0.05) is 20.0 Å². The zero-order valence-corrected chi connectivity index (χ0v) is 10.2. The molecular formula is C10H17N5O3. The zero-order valence-electron chi connectivity index (χ0n) is 10.2. The van der Waals surface area contributed by atoms with Crippen LogP contribution < -0.4 is 5.32 Å². The highest BCUT2D eigenvalue weighted by Gasteiger charge is 2.09. The normalized spacial score (nSPS) is 10.1. The van der Waals surface area contributed by atoms with Crippen LogP contribution in [-0.4, -0.2) is 50.8 Å². The predicted molar refractivity (Wildman–Crippen MR) is 62.7 cm³/mol. The summed E-state index contributed by atoms with van der Waals surface area (Å²) in [6.07, 6.45) is 2.71. The lowest BCUT2D eigenvalue weighted by Gasteiger charge is -2.16. The highest BCUT2D eigenvalue weighted by Crippen LogP contribution is 1.96. The monoisotopic (exact) mass is 255 g/mol. The van der Waals surface area contributed by atoms with Crippen LogP contribution >= 0.6 is 0 Å². The maximum absolute atomic E-state index is 11.6. The molecule has 100 valence electrons. The van der Waals surface area contributed by atoms with Crippen molar-refractivity contribution in [3.63, 3.8) is 0 Å². The first-order valence-corrected chi connectivity index (χ1v) is 5.64. The van der Waals surface area contributed by atoms with Crippen molar-refractivity contribution in [3.8, 4) is 0 Å². The molecule has 0 aliphatic carbocycles. The fourth-order valence-corrected chi connectivity index (χ4v) is 1.33. The van der Waals surface area contributed by atoms with E-state index < -0.39 is 5.97 Å². The third-order valence-corrected chi connectivity index (χ3v) is 2.29. The van der Waals surface area contributed by atoms with Crippen LogP contribution in [0.4, 0.5) is 4.79 Å². The highest BCUT2D eigenvalue weighted by molar-refractivity contribution is 5.73. The van der Waals surface area contributed by atoms with E-state index in [2.05, 4.69) is 20.5 Å². The molecule has 0 bridgehead atoms. The van der Waals surface area contributed by atoms with Gasteiger partial charge in [0.15, 0.2) is 0 Å². The van der Waals surface area contributed by atoms with Gasteiger partial charge in [-0.25, -0.2) is 9.78 Å². The number of aromatic amines is 1. The average Bonchev–Trinajstić information content (AvgIpc) is 2.80. The number of aromatic nitrogens is 3. The van der Waals surface area contributed by atoms with Gasteiger partial charge in [-0.05, 0) is 12.8 Å². The lowest BCUT2D eigenvalue weighted by atomic mass is 10.2. The summed E-state index contributed by atoms with van der Waals surface area (Å²) in [5, 5.41) is 17.5. The molecular weight excluding hydrogens is 238 g/mol. The molecule has 0 aliphatic rings. The first-order chi connectivity index (χ1) is 8.59. The number of urea groups is 1. The lowest BCUT2D eigenvalue weighted by molar-refractivity contribution is -0.137. The summed E-state index contributed by atoms with van der Waals surface area (Å²) >= 11 is 0. The Kier molecular flexibility index (Phi) is 5.62. The van der Waals surface area contributed by atoms with Crippen LogP contribution in [0.3, 0.4) is 0 Å². The first kappa shape index (κ1) is 13.9. The number of aliphatic carboxylic acids is 1. The van der Waals surface area contributed by atoms with E-state index in [4.69, 9.17) is 5.11 Å². The van der Waals surface area contributed by atoms with Gasteiger partial charge in [0.25, 0.3) is 0 Å². The predicted octanol–water partition coefficient (Wildman–Crippen LogP) is 0.201. The Hall–Kier alpha value is -2.12. The van der Waals surface area contributed by atoms with Crippen molar-refractivity contribution in [1.82, 2.24) is 25.4 Å². The van der Waals surface area contributed by atoms with E-state index in [-0.39, 0.29) is 12.5 Å². The molecule has 1 aromatic heterocycles. The van der Waals surface area contributed by atoms with Gasteiger partial charge in [-0.2, -0.15) is 5.10 Å². The molecule has 0 atom stereocenters. The van der Waals surface area contributed by atoms with E-state index in [1.165, 1.54) is 11.2 Å². The number of carboxylic acids is 1. The van der Waals surface area contributed by atoms with Gasteiger partial charge in [0.2, 0.25) is 0 Å². The largest absolute Gasteiger partial charge is 0.481 e. The Morgan fingerprint density at radius 2 is 2.28 bits per heavy atom. The molecule has 0 unspecified atom stereocenters. The summed E-state index contributed by atoms with van der Waals surface area (Å²) in [6, 6.07) is -0.221. The Morgan fingerprint density at radius 1 is 1.50 bits per heavy atom. The summed E-state index contributed by atoms with van der Waals surface area (Å²) < 4.78 is 0. The molecule has 0 aromatic carbocycles. The number of carbonyl (C=O) groups excluding carboxylic acids is 1. The van der Waals surface area contributed by atoms with Crippen LogP contribution in [0.2, 0.25) is 0 Å². The fraction of sp³-hybridized carbons (Fsp3) is 0.600. The molecule has 0 saturated carbocycles. The van der Waals surface area contributed by atoms with Crippen LogP contribution in [0.15, 0.2) is 6.33 Å². The minimum absolute atomic E-state index is 0.129. The van der Waals surface area contributed by atoms with Crippen molar-refractivity contribution in [1.29, 1.82) is 0 Å². The second kappa shape index (κ2) is 7.25. The van der Waals surface area contributed by atoms with E-state index in [9.17, 15) is 9.59 Å². The summed E-state index contributed by atoms with van der Waals surface area (Å²) in [6.45, 7) is 0.813. The van der Waals surface area contributed by atoms with Crippen LogP contribution in [-0.2, 0) is 11.3 Å². The molecule has 0 radical (unpaired) electrons. The molecule has 18 heavy (non-hydrogen) atoms. The zero-order chi connectivity index (χ0) is 13.4. The number of nitrogens with zero attached hydrogens (tertiary/aromatic N) is 3. The number of unbranched alkanes of at least 4 members (excludes halogenated alkanes) is 1. The minimum Gasteiger partial charge on any atom is -0.481 e. The number of rotatable bonds is 7. The molecule has 1 rings (SSSR count). The molecule has 0 spiro atoms. The highest BCUT2D eigenvalue weighted by atomic mass is 16.4. The van der Waals surface area contributed by atoms with Crippen molar-refractivity contribution in [2.24, 2.45) is 0 Å². The molecule has 2 amide bonds. The van der Waals surface area contributed by atoms with Crippen molar-refractivity contribution in [3.05, 3.63) is 12.2 Å². The Morgan fingerprint density at radius 3 is 2.89 bits per heavy atom. The molecule has 3 N–H and O–H groups in total. The summed E-state index contributed by atoms with van der Waals surface area (Å²) in [4.78, 5) is 27.3. The SMILES string of the molecule is CN(Cc1ncn[nH]1)C(=O)NCCCCC(=O)O. The van der Waals surface area contributed by atoms with Crippen molar-refractivity contribution >= 4 is 12.0 Å². The summed E-state index contributed by atoms with van der Waals surface area (Å²) in [7, 11) is 1.65. The van der Waals surface area contributed by atoms with Crippen LogP contribution in [0, 0.1) is 0 Å². The number of hydrogen-bond acceptors (Lipinski definition) is 4. The number of amides is 2. The van der Waals surface area contributed by atoms with Crippen LogP contribution in [0.25, 0.3) is 0 Å². The summed E-state index contributed by atoms with van der Waals surface area (Å²) in [5.41, 5.74) is 0. The number of hydrogen-bond donors (Lipinski definition) is 3. The molecule has 8 heteroatoms. The second-order valence-corrected chi connectivity index (χ2v) is 3.87. The van der Waals surface area contributed by atoms with Crippen LogP contribution in [0.5, 0.6) is 0 Å². The summed E-state index contributed by atoms with van der Waals surface area (Å²) in [5.74, 6) is -0.206. The minimum atomic E-state index is -0.816. The third-order valence-electron chi connectivity index (χ3n) is 2.29. The van der Waals surface area contributed by atoms with Gasteiger partial charge in [-0.3, -0.25) is 9.89 Å². The van der Waals surface area contributed by atoms with Gasteiger partial charge >= 0.3 is 12.0 Å².